The Kier molecular flexibility index (Phi) is 5.51. The van der Waals surface area contributed by atoms with Crippen LogP contribution in [0.15, 0.2) is 30.5 Å². The van der Waals surface area contributed by atoms with E-state index < -0.39 is 0 Å². The Hall–Kier alpha value is -1.76. The minimum atomic E-state index is 0.128. The molecule has 2 aromatic rings. The Bertz CT molecular complexity index is 662. The van der Waals surface area contributed by atoms with Crippen molar-refractivity contribution in [2.45, 2.75) is 39.4 Å². The number of benzene rings is 1. The van der Waals surface area contributed by atoms with Crippen molar-refractivity contribution in [2.75, 3.05) is 33.2 Å². The molecule has 3 rings (SSSR count). The number of hydrogen-bond acceptors (Lipinski definition) is 5. The quantitative estimate of drug-likeness (QED) is 0.899. The molecule has 0 unspecified atom stereocenters. The van der Waals surface area contributed by atoms with E-state index in [0.717, 1.165) is 50.6 Å². The summed E-state index contributed by atoms with van der Waals surface area (Å²) in [6, 6.07) is 8.51. The minimum Gasteiger partial charge on any atom is -0.308 e. The molecule has 0 radical (unpaired) electrons. The highest BCUT2D eigenvalue weighted by molar-refractivity contribution is 5.33. The van der Waals surface area contributed by atoms with Gasteiger partial charge in [0, 0.05) is 44.8 Å². The summed E-state index contributed by atoms with van der Waals surface area (Å²) in [5, 5.41) is 12.1. The lowest BCUT2D eigenvalue weighted by Crippen LogP contribution is -2.43. The van der Waals surface area contributed by atoms with Gasteiger partial charge in [0.25, 0.3) is 0 Å². The molecule has 1 aromatic heterocycles. The zero-order valence-electron chi connectivity index (χ0n) is 15.9. The van der Waals surface area contributed by atoms with Gasteiger partial charge in [-0.15, -0.1) is 5.10 Å². The monoisotopic (exact) mass is 342 g/mol. The molecule has 1 saturated heterocycles. The van der Waals surface area contributed by atoms with Crippen LogP contribution in [-0.2, 0) is 13.1 Å². The maximum atomic E-state index is 4.34. The summed E-state index contributed by atoms with van der Waals surface area (Å²) in [4.78, 5) is 4.80. The van der Waals surface area contributed by atoms with Gasteiger partial charge in [0.15, 0.2) is 0 Å². The van der Waals surface area contributed by atoms with Crippen molar-refractivity contribution in [1.29, 1.82) is 0 Å². The highest BCUT2D eigenvalue weighted by Gasteiger charge is 2.15. The Morgan fingerprint density at radius 3 is 2.36 bits per heavy atom. The predicted molar refractivity (Wildman–Crippen MR) is 101 cm³/mol. The molecule has 2 heterocycles. The van der Waals surface area contributed by atoms with Crippen molar-refractivity contribution in [3.05, 3.63) is 41.7 Å². The fraction of sp³-hybridized carbons (Fsp3) is 0.579. The Balaban J connectivity index is 1.58. The maximum absolute atomic E-state index is 4.34. The van der Waals surface area contributed by atoms with E-state index in [1.54, 1.807) is 0 Å². The molecule has 1 N–H and O–H groups in total. The van der Waals surface area contributed by atoms with Crippen LogP contribution in [0.4, 0.5) is 0 Å². The summed E-state index contributed by atoms with van der Waals surface area (Å²) >= 11 is 0. The number of rotatable bonds is 5. The van der Waals surface area contributed by atoms with Crippen molar-refractivity contribution in [2.24, 2.45) is 0 Å². The summed E-state index contributed by atoms with van der Waals surface area (Å²) in [5.74, 6) is 0. The highest BCUT2D eigenvalue weighted by atomic mass is 15.4. The van der Waals surface area contributed by atoms with Crippen molar-refractivity contribution >= 4 is 0 Å². The largest absolute Gasteiger partial charge is 0.308 e. The number of nitrogens with one attached hydrogen (secondary N) is 1. The van der Waals surface area contributed by atoms with Crippen LogP contribution < -0.4 is 5.32 Å². The number of piperazine rings is 1. The van der Waals surface area contributed by atoms with Crippen LogP contribution >= 0.6 is 0 Å². The van der Waals surface area contributed by atoms with E-state index in [1.165, 1.54) is 5.56 Å². The van der Waals surface area contributed by atoms with E-state index in [1.807, 2.05) is 10.9 Å². The molecule has 1 aliphatic rings. The van der Waals surface area contributed by atoms with Gasteiger partial charge < -0.3 is 10.2 Å². The molecule has 0 aliphatic carbocycles. The second kappa shape index (κ2) is 7.64. The molecular weight excluding hydrogens is 312 g/mol. The first kappa shape index (κ1) is 18.0. The number of likely N-dealkylation sites (N-methyl/N-ethyl adjacent to an activating group) is 1. The topological polar surface area (TPSA) is 49.2 Å². The van der Waals surface area contributed by atoms with Crippen LogP contribution in [0, 0.1) is 0 Å². The van der Waals surface area contributed by atoms with Crippen LogP contribution in [0.1, 0.15) is 32.0 Å². The first-order valence-corrected chi connectivity index (χ1v) is 9.05. The lowest BCUT2D eigenvalue weighted by atomic mass is 10.1. The predicted octanol–water partition coefficient (Wildman–Crippen LogP) is 1.90. The van der Waals surface area contributed by atoms with Crippen molar-refractivity contribution in [3.8, 4) is 5.69 Å². The number of nitrogens with zero attached hydrogens (tertiary/aromatic N) is 5. The third kappa shape index (κ3) is 5.36. The van der Waals surface area contributed by atoms with Gasteiger partial charge in [0.2, 0.25) is 0 Å². The van der Waals surface area contributed by atoms with E-state index in [-0.39, 0.29) is 5.54 Å². The minimum absolute atomic E-state index is 0.128. The molecule has 1 aliphatic heterocycles. The molecule has 0 bridgehead atoms. The molecule has 0 amide bonds. The van der Waals surface area contributed by atoms with Gasteiger partial charge in [-0.1, -0.05) is 17.3 Å². The van der Waals surface area contributed by atoms with E-state index in [9.17, 15) is 0 Å². The van der Waals surface area contributed by atoms with Gasteiger partial charge in [0.05, 0.1) is 17.6 Å². The second-order valence-corrected chi connectivity index (χ2v) is 8.00. The summed E-state index contributed by atoms with van der Waals surface area (Å²) in [5.41, 5.74) is 3.49. The molecule has 1 aromatic carbocycles. The zero-order chi connectivity index (χ0) is 17.9. The Morgan fingerprint density at radius 1 is 1.04 bits per heavy atom. The van der Waals surface area contributed by atoms with Gasteiger partial charge in [-0.3, -0.25) is 4.90 Å². The summed E-state index contributed by atoms with van der Waals surface area (Å²) in [6.07, 6.45) is 2.04. The standard InChI is InChI=1S/C19H30N6/c1-19(2,3)20-13-16-5-7-18(8-6-16)25-15-17(21-22-25)14-24-11-9-23(4)10-12-24/h5-8,15,20H,9-14H2,1-4H3. The average molecular weight is 342 g/mol. The van der Waals surface area contributed by atoms with Crippen molar-refractivity contribution in [1.82, 2.24) is 30.1 Å². The van der Waals surface area contributed by atoms with E-state index >= 15 is 0 Å². The lowest BCUT2D eigenvalue weighted by Gasteiger charge is -2.31. The average Bonchev–Trinajstić information content (AvgIpc) is 3.03. The molecule has 136 valence electrons. The highest BCUT2D eigenvalue weighted by Crippen LogP contribution is 2.12. The van der Waals surface area contributed by atoms with Crippen LogP contribution in [0.5, 0.6) is 0 Å². The van der Waals surface area contributed by atoms with E-state index in [4.69, 9.17) is 0 Å². The molecule has 6 nitrogen and oxygen atoms in total. The van der Waals surface area contributed by atoms with Crippen molar-refractivity contribution in [3.63, 3.8) is 0 Å². The first-order valence-electron chi connectivity index (χ1n) is 9.05. The fourth-order valence-electron chi connectivity index (χ4n) is 2.87. The summed E-state index contributed by atoms with van der Waals surface area (Å²) < 4.78 is 1.87. The molecule has 6 heteroatoms. The zero-order valence-corrected chi connectivity index (χ0v) is 15.9. The third-order valence-electron chi connectivity index (χ3n) is 4.55. The van der Waals surface area contributed by atoms with Crippen molar-refractivity contribution < 1.29 is 0 Å². The number of hydrogen-bond donors (Lipinski definition) is 1. The van der Waals surface area contributed by atoms with Gasteiger partial charge in [-0.25, -0.2) is 4.68 Å². The fourth-order valence-corrected chi connectivity index (χ4v) is 2.87. The third-order valence-corrected chi connectivity index (χ3v) is 4.55. The molecule has 0 saturated carbocycles. The smallest absolute Gasteiger partial charge is 0.0971 e. The van der Waals surface area contributed by atoms with Crippen LogP contribution in [0.25, 0.3) is 5.69 Å². The second-order valence-electron chi connectivity index (χ2n) is 8.00. The Labute approximate surface area is 150 Å². The van der Waals surface area contributed by atoms with Gasteiger partial charge in [-0.2, -0.15) is 0 Å². The molecule has 1 fully saturated rings. The summed E-state index contributed by atoms with van der Waals surface area (Å²) in [7, 11) is 2.17. The maximum Gasteiger partial charge on any atom is 0.0971 e. The van der Waals surface area contributed by atoms with Crippen LogP contribution in [0.3, 0.4) is 0 Å². The van der Waals surface area contributed by atoms with E-state index in [0.29, 0.717) is 0 Å². The molecule has 25 heavy (non-hydrogen) atoms. The van der Waals surface area contributed by atoms with E-state index in [2.05, 4.69) is 77.5 Å². The molecule has 0 atom stereocenters. The van der Waals surface area contributed by atoms with Crippen LogP contribution in [0.2, 0.25) is 0 Å². The SMILES string of the molecule is CN1CCN(Cc2cn(-c3ccc(CNC(C)(C)C)cc3)nn2)CC1. The normalized spacial score (nSPS) is 17.1. The van der Waals surface area contributed by atoms with Gasteiger partial charge in [-0.05, 0) is 45.5 Å². The Morgan fingerprint density at radius 2 is 1.72 bits per heavy atom. The molecular formula is C19H30N6. The first-order chi connectivity index (χ1) is 11.9. The number of aromatic nitrogens is 3. The van der Waals surface area contributed by atoms with Crippen LogP contribution in [-0.4, -0.2) is 63.6 Å². The van der Waals surface area contributed by atoms with Gasteiger partial charge >= 0.3 is 0 Å². The molecule has 0 spiro atoms. The summed E-state index contributed by atoms with van der Waals surface area (Å²) in [6.45, 7) is 12.7. The van der Waals surface area contributed by atoms with Gasteiger partial charge in [0.1, 0.15) is 0 Å². The lowest BCUT2D eigenvalue weighted by molar-refractivity contribution is 0.147.